The minimum Gasteiger partial charge on any atom is -0.499 e. The van der Waals surface area contributed by atoms with E-state index in [0.29, 0.717) is 14.2 Å². The molecule has 1 aromatic carbocycles. The van der Waals surface area contributed by atoms with E-state index in [-0.39, 0.29) is 40.6 Å². The third-order valence-electron chi connectivity index (χ3n) is 6.46. The predicted molar refractivity (Wildman–Crippen MR) is 162 cm³/mol. The first-order valence-corrected chi connectivity index (χ1v) is 14.9. The van der Waals surface area contributed by atoms with Crippen LogP contribution in [0.3, 0.4) is 0 Å². The van der Waals surface area contributed by atoms with Crippen LogP contribution < -0.4 is 9.47 Å². The summed E-state index contributed by atoms with van der Waals surface area (Å²) in [6, 6.07) is 8.97. The highest BCUT2D eigenvalue weighted by Gasteiger charge is 2.39. The number of hydrogen-bond donors (Lipinski definition) is 0. The molecule has 2 atom stereocenters. The summed E-state index contributed by atoms with van der Waals surface area (Å²) >= 11 is 4.56. The number of thiophene rings is 1. The first-order chi connectivity index (χ1) is 21.3. The van der Waals surface area contributed by atoms with Crippen molar-refractivity contribution in [2.75, 3.05) is 6.61 Å². The van der Waals surface area contributed by atoms with Gasteiger partial charge in [-0.25, -0.2) is 19.2 Å². The molecule has 2 unspecified atom stereocenters. The maximum Gasteiger partial charge on any atom is 0.408 e. The van der Waals surface area contributed by atoms with Crippen molar-refractivity contribution in [3.8, 4) is 22.3 Å². The van der Waals surface area contributed by atoms with Gasteiger partial charge in [-0.2, -0.15) is 22.7 Å². The topological polar surface area (TPSA) is 102 Å². The van der Waals surface area contributed by atoms with Crippen molar-refractivity contribution in [1.82, 2.24) is 19.7 Å². The van der Waals surface area contributed by atoms with Crippen molar-refractivity contribution in [2.24, 2.45) is 0 Å². The maximum absolute atomic E-state index is 16.5. The molecule has 4 heterocycles. The van der Waals surface area contributed by atoms with Gasteiger partial charge in [0.05, 0.1) is 32.4 Å². The van der Waals surface area contributed by atoms with Crippen LogP contribution in [0, 0.1) is 6.01 Å². The molecule has 0 saturated heterocycles. The lowest BCUT2D eigenvalue weighted by atomic mass is 9.63. The molecular weight excluding hydrogens is 689 g/mol. The van der Waals surface area contributed by atoms with Crippen molar-refractivity contribution in [3.63, 3.8) is 0 Å². The third kappa shape index (κ3) is 7.01. The quantitative estimate of drug-likeness (QED) is 0.106. The SMILES string of the molecule is BC(B)(Oc1ccccc1C(F)C(Oc1ncnc2sc(-c3ccc(F)o3)c(Br)c12)C(=O)OCC)c1ccnn1CC(F)(F)F. The van der Waals surface area contributed by atoms with Gasteiger partial charge in [-0.3, -0.25) is 4.68 Å². The van der Waals surface area contributed by atoms with Crippen LogP contribution in [0.15, 0.2) is 63.9 Å². The van der Waals surface area contributed by atoms with Gasteiger partial charge < -0.3 is 18.6 Å². The predicted octanol–water partition coefficient (Wildman–Crippen LogP) is 5.09. The molecule has 0 aliphatic heterocycles. The molecule has 4 aromatic heterocycles. The number of carbonyl (C=O) groups is 1. The number of hydrogen-bond acceptors (Lipinski definition) is 9. The Balaban J connectivity index is 1.50. The molecule has 18 heteroatoms. The Bertz CT molecular complexity index is 1830. The van der Waals surface area contributed by atoms with E-state index >= 15 is 4.39 Å². The second kappa shape index (κ2) is 12.8. The van der Waals surface area contributed by atoms with Crippen LogP contribution in [0.25, 0.3) is 20.9 Å². The normalized spacial score (nSPS) is 13.5. The summed E-state index contributed by atoms with van der Waals surface area (Å²) in [5.41, 5.74) is -0.0480. The number of ether oxygens (including phenoxy) is 3. The van der Waals surface area contributed by atoms with Crippen molar-refractivity contribution in [2.45, 2.75) is 37.3 Å². The smallest absolute Gasteiger partial charge is 0.408 e. The van der Waals surface area contributed by atoms with Crippen molar-refractivity contribution in [3.05, 3.63) is 76.7 Å². The van der Waals surface area contributed by atoms with Crippen LogP contribution in [-0.4, -0.2) is 60.3 Å². The van der Waals surface area contributed by atoms with Gasteiger partial charge in [-0.05, 0) is 41.1 Å². The lowest BCUT2D eigenvalue weighted by Gasteiger charge is -2.30. The van der Waals surface area contributed by atoms with Crippen LogP contribution in [0.5, 0.6) is 11.6 Å². The second-order valence-electron chi connectivity index (χ2n) is 10.0. The zero-order chi connectivity index (χ0) is 32.5. The van der Waals surface area contributed by atoms with E-state index in [0.717, 1.165) is 28.4 Å². The molecular formula is C27H22B2BrF5N4O5S. The maximum atomic E-state index is 16.5. The van der Waals surface area contributed by atoms with Gasteiger partial charge in [0.2, 0.25) is 12.0 Å². The summed E-state index contributed by atoms with van der Waals surface area (Å²) in [5.74, 6) is -1.08. The van der Waals surface area contributed by atoms with Gasteiger partial charge in [0.15, 0.2) is 21.9 Å². The summed E-state index contributed by atoms with van der Waals surface area (Å²) < 4.78 is 92.9. The molecule has 0 saturated carbocycles. The lowest BCUT2D eigenvalue weighted by Crippen LogP contribution is -2.39. The summed E-state index contributed by atoms with van der Waals surface area (Å²) in [4.78, 5) is 22.3. The Morgan fingerprint density at radius 1 is 1.16 bits per heavy atom. The fourth-order valence-corrected chi connectivity index (χ4v) is 6.48. The number of furan rings is 1. The summed E-state index contributed by atoms with van der Waals surface area (Å²) in [7, 11) is 3.02. The number of aromatic nitrogens is 4. The number of rotatable bonds is 11. The molecule has 234 valence electrons. The van der Waals surface area contributed by atoms with Gasteiger partial charge in [0.1, 0.15) is 29.2 Å². The highest BCUT2D eigenvalue weighted by atomic mass is 79.9. The van der Waals surface area contributed by atoms with Crippen LogP contribution in [-0.2, 0) is 21.5 Å². The second-order valence-corrected chi connectivity index (χ2v) is 11.8. The van der Waals surface area contributed by atoms with Gasteiger partial charge in [0.25, 0.3) is 6.01 Å². The number of alkyl halides is 4. The number of nitrogens with zero attached hydrogens (tertiary/aromatic N) is 4. The average molecular weight is 711 g/mol. The van der Waals surface area contributed by atoms with Gasteiger partial charge in [-0.1, -0.05) is 18.2 Å². The number of fused-ring (bicyclic) bond motifs is 1. The first kappa shape index (κ1) is 32.5. The molecule has 0 radical (unpaired) electrons. The van der Waals surface area contributed by atoms with Crippen molar-refractivity contribution >= 4 is 59.1 Å². The Labute approximate surface area is 266 Å². The van der Waals surface area contributed by atoms with E-state index in [1.807, 2.05) is 0 Å². The Morgan fingerprint density at radius 3 is 2.60 bits per heavy atom. The summed E-state index contributed by atoms with van der Waals surface area (Å²) in [6.07, 6.45) is -6.27. The van der Waals surface area contributed by atoms with E-state index in [1.54, 1.807) is 13.0 Å². The van der Waals surface area contributed by atoms with Crippen LogP contribution in [0.2, 0.25) is 0 Å². The fraction of sp³-hybridized carbons (Fsp3) is 0.259. The number of halogens is 6. The first-order valence-electron chi connectivity index (χ1n) is 13.3. The fourth-order valence-electron chi connectivity index (χ4n) is 4.56. The molecule has 0 N–H and O–H groups in total. The molecule has 45 heavy (non-hydrogen) atoms. The van der Waals surface area contributed by atoms with Crippen LogP contribution >= 0.6 is 27.3 Å². The molecule has 0 fully saturated rings. The number of carbonyl (C=O) groups excluding carboxylic acids is 1. The lowest BCUT2D eigenvalue weighted by molar-refractivity contribution is -0.155. The molecule has 9 nitrogen and oxygen atoms in total. The molecule has 0 aliphatic carbocycles. The molecule has 5 rings (SSSR count). The molecule has 0 spiro atoms. The van der Waals surface area contributed by atoms with E-state index in [4.69, 9.17) is 18.6 Å². The van der Waals surface area contributed by atoms with Crippen LogP contribution in [0.1, 0.15) is 24.4 Å². The molecule has 5 aromatic rings. The Hall–Kier alpha value is -3.92. The van der Waals surface area contributed by atoms with Gasteiger partial charge in [-0.15, -0.1) is 11.3 Å². The highest BCUT2D eigenvalue weighted by Crippen LogP contribution is 2.45. The Morgan fingerprint density at radius 2 is 1.91 bits per heavy atom. The highest BCUT2D eigenvalue weighted by molar-refractivity contribution is 9.10. The van der Waals surface area contributed by atoms with Crippen molar-refractivity contribution < 1.29 is 45.4 Å². The third-order valence-corrected chi connectivity index (χ3v) is 8.63. The van der Waals surface area contributed by atoms with Crippen LogP contribution in [0.4, 0.5) is 22.0 Å². The zero-order valence-corrected chi connectivity index (χ0v) is 26.2. The summed E-state index contributed by atoms with van der Waals surface area (Å²) in [5, 5.41) is 2.62. The minimum absolute atomic E-state index is 0.0562. The van der Waals surface area contributed by atoms with E-state index in [9.17, 15) is 22.4 Å². The monoisotopic (exact) mass is 710 g/mol. The Kier molecular flexibility index (Phi) is 9.26. The number of esters is 1. The van der Waals surface area contributed by atoms with E-state index < -0.39 is 42.4 Å². The molecule has 0 aliphatic rings. The minimum atomic E-state index is -4.54. The van der Waals surface area contributed by atoms with Gasteiger partial charge >= 0.3 is 12.1 Å². The van der Waals surface area contributed by atoms with E-state index in [1.165, 1.54) is 52.2 Å². The molecule has 0 bridgehead atoms. The van der Waals surface area contributed by atoms with Crippen molar-refractivity contribution in [1.29, 1.82) is 0 Å². The number of benzene rings is 1. The average Bonchev–Trinajstić information content (AvgIpc) is 3.70. The largest absolute Gasteiger partial charge is 0.499 e. The van der Waals surface area contributed by atoms with E-state index in [2.05, 4.69) is 31.0 Å². The zero-order valence-electron chi connectivity index (χ0n) is 23.8. The van der Waals surface area contributed by atoms with Gasteiger partial charge in [0, 0.05) is 17.8 Å². The standard InChI is InChI=1S/C27H22B2BrF5N4O5S/c1-2-41-25(40)21(43-23-18-19(30)22(15-7-8-17(31)42-15)45-24(18)37-12-36-23)20(32)13-5-3-4-6-14(13)44-27(28,29)16-9-10-38-39(16)11-26(33,34)35/h3-10,12,20-21H,2,11,28-29H2,1H3. The number of para-hydroxylation sites is 1. The summed E-state index contributed by atoms with van der Waals surface area (Å²) in [6.45, 7) is 0.102. The molecule has 0 amide bonds.